The number of rotatable bonds is 3. The van der Waals surface area contributed by atoms with Crippen LogP contribution in [-0.4, -0.2) is 19.1 Å². The van der Waals surface area contributed by atoms with Crippen molar-refractivity contribution in [3.8, 4) is 5.75 Å². The summed E-state index contributed by atoms with van der Waals surface area (Å²) < 4.78 is 5.57. The molecular formula is C17H16BrNO2. The molecule has 0 saturated heterocycles. The fourth-order valence-corrected chi connectivity index (χ4v) is 3.06. The quantitative estimate of drug-likeness (QED) is 0.864. The van der Waals surface area contributed by atoms with Crippen LogP contribution in [0.3, 0.4) is 0 Å². The van der Waals surface area contributed by atoms with E-state index in [0.29, 0.717) is 24.5 Å². The Hall–Kier alpha value is -1.81. The van der Waals surface area contributed by atoms with E-state index in [4.69, 9.17) is 4.74 Å². The van der Waals surface area contributed by atoms with Crippen LogP contribution in [0.5, 0.6) is 5.75 Å². The molecule has 1 aliphatic rings. The van der Waals surface area contributed by atoms with Crippen molar-refractivity contribution in [3.05, 3.63) is 65.2 Å². The molecule has 2 aromatic rings. The van der Waals surface area contributed by atoms with Gasteiger partial charge in [0.15, 0.2) is 0 Å². The molecule has 1 amide bonds. The molecule has 1 heterocycles. The van der Waals surface area contributed by atoms with Gasteiger partial charge in [0.25, 0.3) is 5.91 Å². The van der Waals surface area contributed by atoms with Gasteiger partial charge < -0.3 is 10.1 Å². The van der Waals surface area contributed by atoms with Crippen LogP contribution in [0.25, 0.3) is 0 Å². The number of nitrogens with one attached hydrogen (secondary N) is 1. The summed E-state index contributed by atoms with van der Waals surface area (Å²) in [6.45, 7) is 1.06. The number of amides is 1. The SMILES string of the molecule is O=C1NCCOc2ccc(C(Br)Cc3ccccc3)cc21. The van der Waals surface area contributed by atoms with E-state index in [-0.39, 0.29) is 10.7 Å². The number of fused-ring (bicyclic) bond motifs is 1. The van der Waals surface area contributed by atoms with Gasteiger partial charge in [-0.3, -0.25) is 4.79 Å². The van der Waals surface area contributed by atoms with E-state index < -0.39 is 0 Å². The van der Waals surface area contributed by atoms with Gasteiger partial charge in [-0.05, 0) is 29.7 Å². The maximum absolute atomic E-state index is 12.0. The minimum atomic E-state index is -0.0660. The lowest BCUT2D eigenvalue weighted by atomic mass is 10.0. The summed E-state index contributed by atoms with van der Waals surface area (Å²) in [5, 5.41) is 2.84. The maximum atomic E-state index is 12.0. The highest BCUT2D eigenvalue weighted by Gasteiger charge is 2.18. The van der Waals surface area contributed by atoms with E-state index >= 15 is 0 Å². The lowest BCUT2D eigenvalue weighted by Gasteiger charge is -2.13. The van der Waals surface area contributed by atoms with Crippen LogP contribution in [0, 0.1) is 0 Å². The Morgan fingerprint density at radius 2 is 2.00 bits per heavy atom. The van der Waals surface area contributed by atoms with Crippen molar-refractivity contribution in [2.75, 3.05) is 13.2 Å². The predicted molar refractivity (Wildman–Crippen MR) is 86.1 cm³/mol. The summed E-state index contributed by atoms with van der Waals surface area (Å²) in [5.41, 5.74) is 2.95. The number of alkyl halides is 1. The Morgan fingerprint density at radius 1 is 1.19 bits per heavy atom. The fourth-order valence-electron chi connectivity index (χ4n) is 2.41. The van der Waals surface area contributed by atoms with Gasteiger partial charge in [0.1, 0.15) is 12.4 Å². The molecule has 0 radical (unpaired) electrons. The molecule has 0 saturated carbocycles. The molecule has 0 aliphatic carbocycles. The van der Waals surface area contributed by atoms with E-state index in [2.05, 4.69) is 33.4 Å². The van der Waals surface area contributed by atoms with E-state index in [9.17, 15) is 4.79 Å². The molecule has 1 atom stereocenters. The Morgan fingerprint density at radius 3 is 2.81 bits per heavy atom. The normalized spacial score (nSPS) is 15.4. The molecule has 1 unspecified atom stereocenters. The molecule has 0 fully saturated rings. The molecule has 1 N–H and O–H groups in total. The summed E-state index contributed by atoms with van der Waals surface area (Å²) >= 11 is 3.72. The molecule has 2 aromatic carbocycles. The van der Waals surface area contributed by atoms with Gasteiger partial charge in [0.2, 0.25) is 0 Å². The first kappa shape index (κ1) is 14.1. The Bertz CT molecular complexity index is 642. The van der Waals surface area contributed by atoms with Crippen molar-refractivity contribution in [3.63, 3.8) is 0 Å². The Labute approximate surface area is 132 Å². The van der Waals surface area contributed by atoms with E-state index in [1.807, 2.05) is 36.4 Å². The standard InChI is InChI=1S/C17H16BrNO2/c18-15(10-12-4-2-1-3-5-12)13-6-7-16-14(11-13)17(20)19-8-9-21-16/h1-7,11,15H,8-10H2,(H,19,20). The average molecular weight is 346 g/mol. The van der Waals surface area contributed by atoms with Gasteiger partial charge in [-0.25, -0.2) is 0 Å². The smallest absolute Gasteiger partial charge is 0.255 e. The van der Waals surface area contributed by atoms with E-state index in [0.717, 1.165) is 12.0 Å². The van der Waals surface area contributed by atoms with Crippen LogP contribution in [0.2, 0.25) is 0 Å². The summed E-state index contributed by atoms with van der Waals surface area (Å²) in [7, 11) is 0. The average Bonchev–Trinajstić information content (AvgIpc) is 2.70. The van der Waals surface area contributed by atoms with Gasteiger partial charge >= 0.3 is 0 Å². The molecule has 1 aliphatic heterocycles. The van der Waals surface area contributed by atoms with Crippen molar-refractivity contribution >= 4 is 21.8 Å². The maximum Gasteiger partial charge on any atom is 0.255 e. The van der Waals surface area contributed by atoms with Gasteiger partial charge in [-0.2, -0.15) is 0 Å². The van der Waals surface area contributed by atoms with Crippen molar-refractivity contribution in [1.29, 1.82) is 0 Å². The first-order valence-corrected chi connectivity index (χ1v) is 7.88. The number of carbonyl (C=O) groups excluding carboxylic acids is 1. The number of carbonyl (C=O) groups is 1. The molecule has 0 bridgehead atoms. The highest BCUT2D eigenvalue weighted by molar-refractivity contribution is 9.09. The van der Waals surface area contributed by atoms with Crippen molar-refractivity contribution < 1.29 is 9.53 Å². The number of hydrogen-bond donors (Lipinski definition) is 1. The van der Waals surface area contributed by atoms with Crippen LogP contribution in [0.4, 0.5) is 0 Å². The van der Waals surface area contributed by atoms with Crippen molar-refractivity contribution in [1.82, 2.24) is 5.32 Å². The summed E-state index contributed by atoms with van der Waals surface area (Å²) in [5.74, 6) is 0.594. The van der Waals surface area contributed by atoms with Gasteiger partial charge in [0.05, 0.1) is 12.1 Å². The molecule has 4 heteroatoms. The van der Waals surface area contributed by atoms with E-state index in [1.165, 1.54) is 5.56 Å². The van der Waals surface area contributed by atoms with Crippen LogP contribution in [0.15, 0.2) is 48.5 Å². The highest BCUT2D eigenvalue weighted by atomic mass is 79.9. The minimum absolute atomic E-state index is 0.0660. The highest BCUT2D eigenvalue weighted by Crippen LogP contribution is 2.31. The lowest BCUT2D eigenvalue weighted by molar-refractivity contribution is 0.0957. The van der Waals surface area contributed by atoms with Crippen molar-refractivity contribution in [2.45, 2.75) is 11.2 Å². The Kier molecular flexibility index (Phi) is 4.25. The molecule has 0 aromatic heterocycles. The third-order valence-corrected chi connectivity index (χ3v) is 4.37. The molecule has 21 heavy (non-hydrogen) atoms. The van der Waals surface area contributed by atoms with Gasteiger partial charge in [-0.1, -0.05) is 52.3 Å². The number of ether oxygens (including phenoxy) is 1. The van der Waals surface area contributed by atoms with Crippen LogP contribution >= 0.6 is 15.9 Å². The predicted octanol–water partition coefficient (Wildman–Crippen LogP) is 3.49. The minimum Gasteiger partial charge on any atom is -0.491 e. The molecular weight excluding hydrogens is 330 g/mol. The van der Waals surface area contributed by atoms with E-state index in [1.54, 1.807) is 0 Å². The first-order valence-electron chi connectivity index (χ1n) is 6.97. The number of halogens is 1. The van der Waals surface area contributed by atoms with Crippen molar-refractivity contribution in [2.24, 2.45) is 0 Å². The molecule has 0 spiro atoms. The zero-order valence-corrected chi connectivity index (χ0v) is 13.1. The largest absolute Gasteiger partial charge is 0.491 e. The fraction of sp³-hybridized carbons (Fsp3) is 0.235. The summed E-state index contributed by atoms with van der Waals surface area (Å²) in [6, 6.07) is 16.1. The molecule has 108 valence electrons. The van der Waals surface area contributed by atoms with Gasteiger partial charge in [0, 0.05) is 4.83 Å². The van der Waals surface area contributed by atoms with Crippen LogP contribution in [-0.2, 0) is 6.42 Å². The summed E-state index contributed by atoms with van der Waals surface area (Å²) in [4.78, 5) is 12.2. The molecule has 3 nitrogen and oxygen atoms in total. The number of benzene rings is 2. The second kappa shape index (κ2) is 6.31. The first-order chi connectivity index (χ1) is 10.2. The zero-order chi connectivity index (χ0) is 14.7. The second-order valence-corrected chi connectivity index (χ2v) is 6.12. The Balaban J connectivity index is 1.84. The zero-order valence-electron chi connectivity index (χ0n) is 11.5. The third kappa shape index (κ3) is 3.27. The summed E-state index contributed by atoms with van der Waals surface area (Å²) in [6.07, 6.45) is 0.877. The molecule has 3 rings (SSSR count). The number of hydrogen-bond acceptors (Lipinski definition) is 2. The third-order valence-electron chi connectivity index (χ3n) is 3.51. The monoisotopic (exact) mass is 345 g/mol. The second-order valence-electron chi connectivity index (χ2n) is 5.02. The van der Waals surface area contributed by atoms with Gasteiger partial charge in [-0.15, -0.1) is 0 Å². The van der Waals surface area contributed by atoms with Crippen LogP contribution < -0.4 is 10.1 Å². The lowest BCUT2D eigenvalue weighted by Crippen LogP contribution is -2.24. The topological polar surface area (TPSA) is 38.3 Å². The van der Waals surface area contributed by atoms with Crippen LogP contribution in [0.1, 0.15) is 26.3 Å².